The van der Waals surface area contributed by atoms with Crippen molar-refractivity contribution in [2.75, 3.05) is 27.4 Å². The summed E-state index contributed by atoms with van der Waals surface area (Å²) in [7, 11) is 1.23. The molecule has 0 N–H and O–H groups in total. The number of amides is 1. The van der Waals surface area contributed by atoms with Crippen molar-refractivity contribution in [1.82, 2.24) is 4.90 Å². The molecule has 1 heterocycles. The lowest BCUT2D eigenvalue weighted by molar-refractivity contribution is -0.0418. The highest BCUT2D eigenvalue weighted by Gasteiger charge is 2.46. The topological polar surface area (TPSA) is 66.5 Å². The van der Waals surface area contributed by atoms with Gasteiger partial charge in [-0.25, -0.2) is 4.79 Å². The zero-order valence-electron chi connectivity index (χ0n) is 29.3. The van der Waals surface area contributed by atoms with E-state index in [9.17, 15) is 4.79 Å². The van der Waals surface area contributed by atoms with E-state index in [0.717, 1.165) is 33.8 Å². The zero-order chi connectivity index (χ0) is 34.4. The predicted molar refractivity (Wildman–Crippen MR) is 192 cm³/mol. The maximum atomic E-state index is 13.8. The minimum Gasteiger partial charge on any atom is -0.497 e. The van der Waals surface area contributed by atoms with Crippen molar-refractivity contribution < 1.29 is 28.2 Å². The number of benzene rings is 4. The normalized spacial score (nSPS) is 16.9. The fourth-order valence-corrected chi connectivity index (χ4v) is 6.98. The third-order valence-electron chi connectivity index (χ3n) is 9.78. The van der Waals surface area contributed by atoms with Crippen molar-refractivity contribution >= 4 is 14.4 Å². The molecule has 0 unspecified atom stereocenters. The van der Waals surface area contributed by atoms with Gasteiger partial charge in [0.15, 0.2) is 8.32 Å². The molecule has 4 aromatic rings. The molecule has 4 aromatic carbocycles. The van der Waals surface area contributed by atoms with Crippen LogP contribution in [0.2, 0.25) is 18.1 Å². The lowest BCUT2D eigenvalue weighted by atomic mass is 9.79. The number of hydrogen-bond acceptors (Lipinski definition) is 6. The molecule has 1 fully saturated rings. The van der Waals surface area contributed by atoms with Gasteiger partial charge in [-0.3, -0.25) is 0 Å². The second-order valence-corrected chi connectivity index (χ2v) is 18.7. The van der Waals surface area contributed by atoms with Gasteiger partial charge in [0, 0.05) is 0 Å². The number of ether oxygens (including phenoxy) is 4. The first-order chi connectivity index (χ1) is 23.0. The molecule has 0 radical (unpaired) electrons. The Kier molecular flexibility index (Phi) is 11.0. The van der Waals surface area contributed by atoms with Gasteiger partial charge in [0.1, 0.15) is 23.7 Å². The molecule has 1 aliphatic rings. The van der Waals surface area contributed by atoms with E-state index in [0.29, 0.717) is 19.6 Å². The quantitative estimate of drug-likeness (QED) is 0.111. The fourth-order valence-electron chi connectivity index (χ4n) is 5.94. The van der Waals surface area contributed by atoms with Crippen LogP contribution in [-0.2, 0) is 26.1 Å². The van der Waals surface area contributed by atoms with Crippen LogP contribution in [0.4, 0.5) is 4.79 Å². The Morgan fingerprint density at radius 2 is 1.25 bits per heavy atom. The van der Waals surface area contributed by atoms with E-state index in [1.807, 2.05) is 72.8 Å². The molecular formula is C40H49NO6Si. The van der Waals surface area contributed by atoms with Crippen LogP contribution in [0.15, 0.2) is 109 Å². The number of carbonyl (C=O) groups excluding carboxylic acids is 1. The molecule has 1 saturated heterocycles. The molecule has 1 amide bonds. The molecule has 1 aliphatic heterocycles. The van der Waals surface area contributed by atoms with Crippen molar-refractivity contribution in [3.8, 4) is 11.5 Å². The minimum atomic E-state index is -2.10. The summed E-state index contributed by atoms with van der Waals surface area (Å²) < 4.78 is 31.0. The summed E-state index contributed by atoms with van der Waals surface area (Å²) in [6, 6.07) is 35.8. The summed E-state index contributed by atoms with van der Waals surface area (Å²) in [5.41, 5.74) is 2.80. The molecule has 0 spiro atoms. The molecule has 0 aromatic heterocycles. The molecule has 0 bridgehead atoms. The van der Waals surface area contributed by atoms with Crippen LogP contribution < -0.4 is 9.47 Å². The average Bonchev–Trinajstić information content (AvgIpc) is 3.51. The molecule has 2 atom stereocenters. The Hall–Kier alpha value is -4.11. The van der Waals surface area contributed by atoms with Gasteiger partial charge in [0.05, 0.1) is 39.5 Å². The maximum Gasteiger partial charge on any atom is 0.410 e. The van der Waals surface area contributed by atoms with Gasteiger partial charge in [-0.15, -0.1) is 0 Å². The first kappa shape index (κ1) is 35.2. The molecule has 254 valence electrons. The van der Waals surface area contributed by atoms with E-state index in [4.69, 9.17) is 23.4 Å². The number of likely N-dealkylation sites (tertiary alicyclic amines) is 1. The van der Waals surface area contributed by atoms with Crippen molar-refractivity contribution in [1.29, 1.82) is 0 Å². The van der Waals surface area contributed by atoms with Crippen LogP contribution >= 0.6 is 0 Å². The van der Waals surface area contributed by atoms with Gasteiger partial charge in [-0.1, -0.05) is 106 Å². The SMILES string of the molecule is COc1ccc(C(O[C@@H]2C[C@H](CO[Si](C)(C)C(C)(C)C)N(C(=O)OCc3ccccc3)C2)(c2ccccc2)c2ccc(OC)cc2)cc1. The summed E-state index contributed by atoms with van der Waals surface area (Å²) in [5.74, 6) is 1.51. The van der Waals surface area contributed by atoms with E-state index in [1.54, 1.807) is 19.1 Å². The Morgan fingerprint density at radius 1 is 0.750 bits per heavy atom. The Labute approximate surface area is 286 Å². The van der Waals surface area contributed by atoms with Crippen LogP contribution in [0.3, 0.4) is 0 Å². The standard InChI is InChI=1S/C40H49NO6Si/c1-39(2,3)48(6,7)46-29-34-26-37(27-41(34)38(42)45-28-30-14-10-8-11-15-30)47-40(31-16-12-9-13-17-31,32-18-22-35(43-4)23-19-32)33-20-24-36(44-5)25-21-33/h8-25,34,37H,26-29H2,1-7H3/t34-,37-/m1/s1. The molecule has 0 saturated carbocycles. The maximum absolute atomic E-state index is 13.8. The smallest absolute Gasteiger partial charge is 0.410 e. The summed E-state index contributed by atoms with van der Waals surface area (Å²) in [4.78, 5) is 15.6. The number of carbonyl (C=O) groups is 1. The highest BCUT2D eigenvalue weighted by molar-refractivity contribution is 6.74. The second-order valence-electron chi connectivity index (χ2n) is 13.9. The Balaban J connectivity index is 1.53. The minimum absolute atomic E-state index is 0.0331. The van der Waals surface area contributed by atoms with Crippen molar-refractivity contribution in [2.45, 2.75) is 69.7 Å². The zero-order valence-corrected chi connectivity index (χ0v) is 30.3. The highest BCUT2D eigenvalue weighted by atomic mass is 28.4. The van der Waals surface area contributed by atoms with Crippen LogP contribution in [0, 0.1) is 0 Å². The molecule has 0 aliphatic carbocycles. The van der Waals surface area contributed by atoms with Crippen molar-refractivity contribution in [2.24, 2.45) is 0 Å². The van der Waals surface area contributed by atoms with Gasteiger partial charge in [0.2, 0.25) is 0 Å². The van der Waals surface area contributed by atoms with Gasteiger partial charge >= 0.3 is 6.09 Å². The van der Waals surface area contributed by atoms with Gasteiger partial charge in [0.25, 0.3) is 0 Å². The van der Waals surface area contributed by atoms with Gasteiger partial charge < -0.3 is 28.3 Å². The Morgan fingerprint density at radius 3 is 1.75 bits per heavy atom. The monoisotopic (exact) mass is 667 g/mol. The van der Waals surface area contributed by atoms with E-state index in [2.05, 4.69) is 70.3 Å². The Bertz CT molecular complexity index is 1560. The molecule has 7 nitrogen and oxygen atoms in total. The van der Waals surface area contributed by atoms with Crippen molar-refractivity contribution in [3.63, 3.8) is 0 Å². The van der Waals surface area contributed by atoms with E-state index < -0.39 is 13.9 Å². The summed E-state index contributed by atoms with van der Waals surface area (Å²) in [6.07, 6.45) is -0.102. The number of methoxy groups -OCH3 is 2. The summed E-state index contributed by atoms with van der Waals surface area (Å²) >= 11 is 0. The van der Waals surface area contributed by atoms with Crippen LogP contribution in [0.5, 0.6) is 11.5 Å². The van der Waals surface area contributed by atoms with E-state index >= 15 is 0 Å². The highest BCUT2D eigenvalue weighted by Crippen LogP contribution is 2.44. The molecular weight excluding hydrogens is 619 g/mol. The van der Waals surface area contributed by atoms with E-state index in [1.165, 1.54) is 0 Å². The van der Waals surface area contributed by atoms with Crippen LogP contribution in [0.25, 0.3) is 0 Å². The fraction of sp³-hybridized carbons (Fsp3) is 0.375. The number of nitrogens with zero attached hydrogens (tertiary/aromatic N) is 1. The molecule has 48 heavy (non-hydrogen) atoms. The second kappa shape index (κ2) is 15.0. The first-order valence-corrected chi connectivity index (χ1v) is 19.5. The average molecular weight is 668 g/mol. The largest absolute Gasteiger partial charge is 0.497 e. The summed E-state index contributed by atoms with van der Waals surface area (Å²) in [6.45, 7) is 12.1. The van der Waals surface area contributed by atoms with Crippen molar-refractivity contribution in [3.05, 3.63) is 131 Å². The van der Waals surface area contributed by atoms with Crippen LogP contribution in [0.1, 0.15) is 49.4 Å². The third-order valence-corrected chi connectivity index (χ3v) is 14.3. The van der Waals surface area contributed by atoms with Gasteiger partial charge in [-0.05, 0) is 71.1 Å². The number of rotatable bonds is 12. The predicted octanol–water partition coefficient (Wildman–Crippen LogP) is 8.81. The third kappa shape index (κ3) is 7.78. The molecule has 8 heteroatoms. The first-order valence-electron chi connectivity index (χ1n) is 16.6. The lowest BCUT2D eigenvalue weighted by Gasteiger charge is -2.38. The lowest BCUT2D eigenvalue weighted by Crippen LogP contribution is -2.46. The van der Waals surface area contributed by atoms with Crippen LogP contribution in [-0.4, -0.2) is 58.8 Å². The summed E-state index contributed by atoms with van der Waals surface area (Å²) in [5, 5.41) is 0.0331. The molecule has 5 rings (SSSR count). The van der Waals surface area contributed by atoms with Gasteiger partial charge in [-0.2, -0.15) is 0 Å². The van der Waals surface area contributed by atoms with E-state index in [-0.39, 0.29) is 29.9 Å². The number of hydrogen-bond donors (Lipinski definition) is 0.